The molecular formula is C36H77IN4O11Si3+2. The van der Waals surface area contributed by atoms with E-state index in [9.17, 15) is 19.8 Å². The summed E-state index contributed by atoms with van der Waals surface area (Å²) in [7, 11) is -1.62. The Kier molecular flexibility index (Phi) is 23.0. The van der Waals surface area contributed by atoms with E-state index < -0.39 is 37.4 Å². The Balaban J connectivity index is 1.52. The van der Waals surface area contributed by atoms with Crippen molar-refractivity contribution in [1.82, 2.24) is 9.80 Å². The Morgan fingerprint density at radius 3 is 1.42 bits per heavy atom. The smallest absolute Gasteiger partial charge is 0.361 e. The highest BCUT2D eigenvalue weighted by molar-refractivity contribution is 14.1. The Bertz CT molecular complexity index is 1090. The van der Waals surface area contributed by atoms with Gasteiger partial charge in [-0.1, -0.05) is 22.6 Å². The number of carbonyl (C=O) groups excluding carboxylic acids is 2. The van der Waals surface area contributed by atoms with Crippen LogP contribution in [-0.4, -0.2) is 228 Å². The van der Waals surface area contributed by atoms with E-state index in [0.29, 0.717) is 55.0 Å². The van der Waals surface area contributed by atoms with Crippen molar-refractivity contribution in [2.45, 2.75) is 70.5 Å². The Morgan fingerprint density at radius 1 is 0.636 bits per heavy atom. The van der Waals surface area contributed by atoms with Crippen molar-refractivity contribution in [2.24, 2.45) is 0 Å². The zero-order valence-electron chi connectivity index (χ0n) is 35.7. The number of rotatable bonds is 28. The van der Waals surface area contributed by atoms with E-state index in [1.807, 2.05) is 0 Å². The summed E-state index contributed by atoms with van der Waals surface area (Å²) in [6.45, 7) is 26.1. The third kappa shape index (κ3) is 23.9. The van der Waals surface area contributed by atoms with Gasteiger partial charge in [0.15, 0.2) is 29.7 Å². The van der Waals surface area contributed by atoms with Crippen LogP contribution in [0.15, 0.2) is 0 Å². The Hall–Kier alpha value is -0.119. The van der Waals surface area contributed by atoms with E-state index in [-0.39, 0.29) is 44.9 Å². The summed E-state index contributed by atoms with van der Waals surface area (Å²) in [4.78, 5) is 29.5. The fraction of sp³-hybridized carbons (Fsp3) is 0.944. The number of nitrogens with zero attached hydrogens (tertiary/aromatic N) is 4. The summed E-state index contributed by atoms with van der Waals surface area (Å²) in [5.74, 6) is -0.523. The van der Waals surface area contributed by atoms with Crippen LogP contribution < -0.4 is 0 Å². The largest absolute Gasteiger partial charge is 0.459 e. The number of piperazine rings is 2. The predicted molar refractivity (Wildman–Crippen MR) is 230 cm³/mol. The van der Waals surface area contributed by atoms with Gasteiger partial charge in [0.05, 0.1) is 85.5 Å². The molecule has 0 amide bonds. The highest BCUT2D eigenvalue weighted by Gasteiger charge is 2.40. The minimum atomic E-state index is -2.28. The number of quaternary nitrogens is 2. The molecule has 0 spiro atoms. The number of aliphatic hydroxyl groups excluding tert-OH is 2. The van der Waals surface area contributed by atoms with Crippen molar-refractivity contribution in [3.05, 3.63) is 0 Å². The van der Waals surface area contributed by atoms with Crippen LogP contribution in [0.1, 0.15) is 6.42 Å². The van der Waals surface area contributed by atoms with Gasteiger partial charge >= 0.3 is 20.5 Å². The summed E-state index contributed by atoms with van der Waals surface area (Å²) in [6.07, 6.45) is -0.223. The maximum absolute atomic E-state index is 12.6. The molecular weight excluding hydrogens is 876 g/mol. The van der Waals surface area contributed by atoms with E-state index >= 15 is 0 Å². The van der Waals surface area contributed by atoms with E-state index in [2.05, 4.69) is 92.3 Å². The normalized spacial score (nSPS) is 19.6. The van der Waals surface area contributed by atoms with Crippen LogP contribution in [0.5, 0.6) is 0 Å². The van der Waals surface area contributed by atoms with Crippen LogP contribution >= 0.6 is 22.6 Å². The van der Waals surface area contributed by atoms with Gasteiger partial charge in [-0.25, -0.2) is 9.59 Å². The first-order valence-electron chi connectivity index (χ1n) is 20.1. The molecule has 2 fully saturated rings. The molecule has 0 aliphatic carbocycles. The summed E-state index contributed by atoms with van der Waals surface area (Å²) in [5.41, 5.74) is 0. The van der Waals surface area contributed by atoms with Gasteiger partial charge in [-0.05, 0) is 58.3 Å². The van der Waals surface area contributed by atoms with Crippen LogP contribution in [0.25, 0.3) is 0 Å². The topological polar surface area (TPSA) is 146 Å². The number of ether oxygens (including phenoxy) is 5. The SMILES string of the molecule is C[N+]1(CC(=O)OCCOCCOC(=O)C[N+]2(C)CCN(CC(O)COCCC[Si](C)(O[Si](C)(C)C)O[Si](C)(C)C)CC2)CCN(CC(O)COCCI)CC1. The number of carbonyl (C=O) groups is 2. The summed E-state index contributed by atoms with van der Waals surface area (Å²) in [6, 6.07) is 0.886. The molecule has 0 saturated carbocycles. The molecule has 324 valence electrons. The number of alkyl halides is 1. The van der Waals surface area contributed by atoms with Gasteiger partial charge in [-0.15, -0.1) is 0 Å². The summed E-state index contributed by atoms with van der Waals surface area (Å²) < 4.78 is 42.9. The van der Waals surface area contributed by atoms with Crippen LogP contribution in [-0.2, 0) is 41.5 Å². The Morgan fingerprint density at radius 2 is 1.04 bits per heavy atom. The second-order valence-electron chi connectivity index (χ2n) is 17.9. The fourth-order valence-electron chi connectivity index (χ4n) is 7.01. The van der Waals surface area contributed by atoms with Crippen molar-refractivity contribution in [3.63, 3.8) is 0 Å². The molecule has 0 aromatic carbocycles. The highest BCUT2D eigenvalue weighted by atomic mass is 127. The number of esters is 2. The molecule has 19 heteroatoms. The van der Waals surface area contributed by atoms with Crippen molar-refractivity contribution in [3.8, 4) is 0 Å². The summed E-state index contributed by atoms with van der Waals surface area (Å²) in [5, 5.41) is 20.8. The van der Waals surface area contributed by atoms with Crippen molar-refractivity contribution in [2.75, 3.05) is 150 Å². The number of hydrogen-bond donors (Lipinski definition) is 2. The molecule has 2 atom stereocenters. The molecule has 2 aliphatic rings. The van der Waals surface area contributed by atoms with Gasteiger partial charge in [0.1, 0.15) is 13.2 Å². The molecule has 0 aromatic rings. The number of halogens is 1. The minimum Gasteiger partial charge on any atom is -0.459 e. The quantitative estimate of drug-likeness (QED) is 0.0295. The zero-order chi connectivity index (χ0) is 41.2. The molecule has 2 saturated heterocycles. The lowest BCUT2D eigenvalue weighted by atomic mass is 10.2. The second-order valence-corrected chi connectivity index (χ2v) is 31.8. The molecule has 0 bridgehead atoms. The van der Waals surface area contributed by atoms with Crippen molar-refractivity contribution in [1.29, 1.82) is 0 Å². The number of β-amino-alcohol motifs (C(OH)–C–C–N with tert-alkyl or cyclic N) is 2. The molecule has 0 aromatic heterocycles. The van der Waals surface area contributed by atoms with Crippen LogP contribution in [0.2, 0.25) is 51.9 Å². The van der Waals surface area contributed by atoms with E-state index in [1.165, 1.54) is 0 Å². The lowest BCUT2D eigenvalue weighted by Gasteiger charge is -2.41. The predicted octanol–water partition coefficient (Wildman–Crippen LogP) is 1.97. The fourth-order valence-corrected chi connectivity index (χ4v) is 19.8. The van der Waals surface area contributed by atoms with Crippen molar-refractivity contribution < 1.29 is 60.7 Å². The van der Waals surface area contributed by atoms with Crippen molar-refractivity contribution >= 4 is 59.7 Å². The maximum atomic E-state index is 12.6. The van der Waals surface area contributed by atoms with Gasteiger partial charge in [0.25, 0.3) is 0 Å². The van der Waals surface area contributed by atoms with Gasteiger partial charge < -0.3 is 51.1 Å². The summed E-state index contributed by atoms with van der Waals surface area (Å²) >= 11 is 2.25. The first-order chi connectivity index (χ1) is 25.6. The lowest BCUT2D eigenvalue weighted by molar-refractivity contribution is -0.906. The van der Waals surface area contributed by atoms with Gasteiger partial charge in [0, 0.05) is 50.3 Å². The Labute approximate surface area is 349 Å². The lowest BCUT2D eigenvalue weighted by Crippen LogP contribution is -2.60. The van der Waals surface area contributed by atoms with Gasteiger partial charge in [0.2, 0.25) is 0 Å². The average Bonchev–Trinajstić information content (AvgIpc) is 3.04. The number of likely N-dealkylation sites (N-methyl/N-ethyl adjacent to an activating group) is 2. The minimum absolute atomic E-state index is 0.147. The number of aliphatic hydroxyl groups is 2. The maximum Gasteiger partial charge on any atom is 0.361 e. The molecule has 2 rings (SSSR count). The molecule has 55 heavy (non-hydrogen) atoms. The third-order valence-electron chi connectivity index (χ3n) is 9.57. The monoisotopic (exact) mass is 952 g/mol. The number of hydrogen-bond acceptors (Lipinski definition) is 13. The van der Waals surface area contributed by atoms with Crippen LogP contribution in [0, 0.1) is 0 Å². The van der Waals surface area contributed by atoms with Crippen LogP contribution in [0.3, 0.4) is 0 Å². The van der Waals surface area contributed by atoms with E-state index in [4.69, 9.17) is 31.9 Å². The molecule has 0 radical (unpaired) electrons. The first-order valence-corrected chi connectivity index (χ1v) is 31.0. The molecule has 2 heterocycles. The average molecular weight is 953 g/mol. The molecule has 2 unspecified atom stereocenters. The zero-order valence-corrected chi connectivity index (χ0v) is 40.8. The van der Waals surface area contributed by atoms with Gasteiger partial charge in [-0.2, -0.15) is 0 Å². The standard InChI is InChI=1S/C36H77IN4O11Si3/c1-40(16-12-38(13-17-40)27-33(42)31-47-20-10-26-55(9,51-53(3,4)5)52-54(6,7)8)29-35(44)49-24-22-46-23-25-50-36(45)30-41(2)18-14-39(15-19-41)28-34(43)32-48-21-11-37/h33-34,42-43H,10-32H2,1-9H3/q+2. The van der Waals surface area contributed by atoms with Crippen LogP contribution in [0.4, 0.5) is 0 Å². The first kappa shape index (κ1) is 51.0. The van der Waals surface area contributed by atoms with E-state index in [0.717, 1.165) is 69.3 Å². The molecule has 2 aliphatic heterocycles. The second kappa shape index (κ2) is 24.8. The van der Waals surface area contributed by atoms with E-state index in [1.54, 1.807) is 0 Å². The third-order valence-corrected chi connectivity index (χ3v) is 19.6. The highest BCUT2D eigenvalue weighted by Crippen LogP contribution is 2.25. The molecule has 15 nitrogen and oxygen atoms in total. The van der Waals surface area contributed by atoms with Gasteiger partial charge in [-0.3, -0.25) is 9.80 Å². The molecule has 2 N–H and O–H groups in total.